The van der Waals surface area contributed by atoms with Crippen molar-refractivity contribution in [3.05, 3.63) is 106 Å². The fraction of sp³-hybridized carbons (Fsp3) is 0.409. The van der Waals surface area contributed by atoms with Crippen molar-refractivity contribution in [1.82, 2.24) is 9.97 Å². The Labute approximate surface area is 308 Å². The molecule has 0 saturated carbocycles. The number of rotatable bonds is 4. The van der Waals surface area contributed by atoms with Crippen LogP contribution < -0.4 is 4.90 Å². The molecule has 0 aliphatic carbocycles. The first-order valence-corrected chi connectivity index (χ1v) is 17.5. The van der Waals surface area contributed by atoms with Crippen LogP contribution in [0.3, 0.4) is 0 Å². The zero-order valence-electron chi connectivity index (χ0n) is 31.5. The van der Waals surface area contributed by atoms with Gasteiger partial charge in [-0.2, -0.15) is 0 Å². The van der Waals surface area contributed by atoms with Crippen LogP contribution in [0.1, 0.15) is 134 Å². The Bertz CT molecular complexity index is 2060. The van der Waals surface area contributed by atoms with Crippen LogP contribution in [0.25, 0.3) is 22.2 Å². The largest absolute Gasteiger partial charge is 0.505 e. The van der Waals surface area contributed by atoms with Crippen LogP contribution >= 0.6 is 0 Å². The first-order chi connectivity index (χ1) is 22.3. The van der Waals surface area contributed by atoms with E-state index in [0.29, 0.717) is 11.4 Å². The molecule has 6 rings (SSSR count). The van der Waals surface area contributed by atoms with Crippen molar-refractivity contribution in [2.75, 3.05) is 4.90 Å². The molecule has 5 aromatic rings. The quantitative estimate of drug-likeness (QED) is 0.183. The molecule has 1 N–H and O–H groups in total. The standard InChI is InChI=1S/C44H52N3O.Pt/c1-25(2)28-14-16-32-37(21-28)47(39-20-27(5)18-19-45-39)38-23-31(30(26(3)4)22-35(38)44(32,12)13)36-24-34(43(9,10)11)29-15-17-33(42(6,7)8)41(48)40(29)46-36;/h14-22,24-26,48H,1-13H3;/q-1;. The Morgan fingerprint density at radius 1 is 0.796 bits per heavy atom. The number of aromatic nitrogens is 2. The van der Waals surface area contributed by atoms with Crippen molar-refractivity contribution < 1.29 is 26.2 Å². The summed E-state index contributed by atoms with van der Waals surface area (Å²) in [6.45, 7) is 28.9. The van der Waals surface area contributed by atoms with E-state index in [1.54, 1.807) is 0 Å². The molecule has 260 valence electrons. The summed E-state index contributed by atoms with van der Waals surface area (Å²) >= 11 is 0. The topological polar surface area (TPSA) is 49.2 Å². The van der Waals surface area contributed by atoms with E-state index in [2.05, 4.69) is 150 Å². The van der Waals surface area contributed by atoms with E-state index in [4.69, 9.17) is 9.97 Å². The van der Waals surface area contributed by atoms with E-state index in [1.165, 1.54) is 22.3 Å². The Balaban J connectivity index is 0.00000468. The van der Waals surface area contributed by atoms with Crippen LogP contribution in [0.15, 0.2) is 60.8 Å². The second-order valence-corrected chi connectivity index (χ2v) is 17.0. The van der Waals surface area contributed by atoms with E-state index in [1.807, 2.05) is 12.3 Å². The number of hydrogen-bond donors (Lipinski definition) is 1. The number of benzene rings is 3. The third-order valence-corrected chi connectivity index (χ3v) is 10.2. The predicted molar refractivity (Wildman–Crippen MR) is 203 cm³/mol. The average Bonchev–Trinajstić information content (AvgIpc) is 2.99. The van der Waals surface area contributed by atoms with Gasteiger partial charge < -0.3 is 10.0 Å². The third-order valence-electron chi connectivity index (χ3n) is 10.2. The van der Waals surface area contributed by atoms with Gasteiger partial charge in [0.2, 0.25) is 0 Å². The molecule has 0 fully saturated rings. The maximum Gasteiger partial charge on any atom is 0.144 e. The summed E-state index contributed by atoms with van der Waals surface area (Å²) in [5, 5.41) is 12.8. The van der Waals surface area contributed by atoms with Crippen LogP contribution in [0.2, 0.25) is 0 Å². The van der Waals surface area contributed by atoms with Crippen molar-refractivity contribution >= 4 is 28.1 Å². The fourth-order valence-corrected chi connectivity index (χ4v) is 7.27. The van der Waals surface area contributed by atoms with Gasteiger partial charge in [0, 0.05) is 43.9 Å². The van der Waals surface area contributed by atoms with Crippen molar-refractivity contribution in [2.24, 2.45) is 0 Å². The van der Waals surface area contributed by atoms with Crippen molar-refractivity contribution in [1.29, 1.82) is 0 Å². The normalized spacial score (nSPS) is 14.2. The summed E-state index contributed by atoms with van der Waals surface area (Å²) in [6, 6.07) is 24.0. The van der Waals surface area contributed by atoms with Crippen molar-refractivity contribution in [3.63, 3.8) is 0 Å². The number of hydrogen-bond acceptors (Lipinski definition) is 4. The second-order valence-electron chi connectivity index (χ2n) is 17.0. The second kappa shape index (κ2) is 12.7. The van der Waals surface area contributed by atoms with E-state index < -0.39 is 0 Å². The number of aryl methyl sites for hydroxylation is 1. The number of phenolic OH excluding ortho intramolecular Hbond substituents is 1. The van der Waals surface area contributed by atoms with Gasteiger partial charge in [-0.05, 0) is 80.9 Å². The maximum absolute atomic E-state index is 11.8. The molecule has 0 atom stereocenters. The number of aromatic hydroxyl groups is 1. The Morgan fingerprint density at radius 3 is 2.06 bits per heavy atom. The minimum Gasteiger partial charge on any atom is -0.505 e. The number of phenols is 1. The molecule has 1 aliphatic rings. The minimum atomic E-state index is -0.271. The predicted octanol–water partition coefficient (Wildman–Crippen LogP) is 12.1. The molecule has 0 bridgehead atoms. The van der Waals surface area contributed by atoms with Crippen LogP contribution in [0.4, 0.5) is 17.2 Å². The van der Waals surface area contributed by atoms with Crippen molar-refractivity contribution in [3.8, 4) is 17.0 Å². The molecule has 0 radical (unpaired) electrons. The van der Waals surface area contributed by atoms with Gasteiger partial charge in [-0.3, -0.25) is 4.98 Å². The summed E-state index contributed by atoms with van der Waals surface area (Å²) < 4.78 is 0. The molecule has 1 aliphatic heterocycles. The molecule has 0 saturated heterocycles. The molecule has 5 heteroatoms. The molecule has 2 aromatic heterocycles. The van der Waals surface area contributed by atoms with Crippen LogP contribution in [0, 0.1) is 13.0 Å². The molecule has 0 unspecified atom stereocenters. The third kappa shape index (κ3) is 6.35. The van der Waals surface area contributed by atoms with Gasteiger partial charge in [-0.15, -0.1) is 23.3 Å². The van der Waals surface area contributed by atoms with E-state index in [9.17, 15) is 5.11 Å². The molecule has 49 heavy (non-hydrogen) atoms. The maximum atomic E-state index is 11.8. The number of pyridine rings is 2. The summed E-state index contributed by atoms with van der Waals surface area (Å²) in [7, 11) is 0. The summed E-state index contributed by atoms with van der Waals surface area (Å²) in [4.78, 5) is 12.5. The van der Waals surface area contributed by atoms with Crippen molar-refractivity contribution in [2.45, 2.75) is 118 Å². The zero-order chi connectivity index (χ0) is 35.1. The Morgan fingerprint density at radius 2 is 1.47 bits per heavy atom. The molecule has 0 spiro atoms. The molecule has 4 nitrogen and oxygen atoms in total. The van der Waals surface area contributed by atoms with Gasteiger partial charge in [0.05, 0.1) is 0 Å². The summed E-state index contributed by atoms with van der Waals surface area (Å²) in [5.74, 6) is 1.75. The van der Waals surface area contributed by atoms with Gasteiger partial charge in [0.15, 0.2) is 0 Å². The van der Waals surface area contributed by atoms with Gasteiger partial charge >= 0.3 is 0 Å². The van der Waals surface area contributed by atoms with E-state index in [0.717, 1.165) is 50.5 Å². The zero-order valence-corrected chi connectivity index (χ0v) is 33.8. The first-order valence-electron chi connectivity index (χ1n) is 17.5. The molecule has 3 heterocycles. The van der Waals surface area contributed by atoms with Gasteiger partial charge in [-0.1, -0.05) is 125 Å². The number of anilines is 3. The van der Waals surface area contributed by atoms with E-state index >= 15 is 0 Å². The van der Waals surface area contributed by atoms with Crippen LogP contribution in [-0.4, -0.2) is 15.1 Å². The number of fused-ring (bicyclic) bond motifs is 3. The number of nitrogens with zero attached hydrogens (tertiary/aromatic N) is 3. The average molecular weight is 834 g/mol. The minimum absolute atomic E-state index is 0. The van der Waals surface area contributed by atoms with Crippen LogP contribution in [0.5, 0.6) is 5.75 Å². The molecule has 3 aromatic carbocycles. The molecular formula is C44H52N3OPt-. The van der Waals surface area contributed by atoms with Crippen LogP contribution in [-0.2, 0) is 37.3 Å². The fourth-order valence-electron chi connectivity index (χ4n) is 7.27. The smallest absolute Gasteiger partial charge is 0.144 e. The van der Waals surface area contributed by atoms with Gasteiger partial charge in [0.1, 0.15) is 17.1 Å². The Hall–Kier alpha value is -3.49. The SMILES string of the molecule is Cc1ccnc(N2c3[c-]c(-c4cc(C(C)(C)C)c5ccc(C(C)(C)C)c(O)c5n4)c(C(C)C)cc3C(C)(C)c3ccc(C(C)C)cc32)c1.[Pt]. The summed E-state index contributed by atoms with van der Waals surface area (Å²) in [5.41, 5.74) is 12.1. The Kier molecular flexibility index (Phi) is 9.52. The monoisotopic (exact) mass is 833 g/mol. The van der Waals surface area contributed by atoms with E-state index in [-0.39, 0.29) is 49.0 Å². The molecule has 0 amide bonds. The molecular weight excluding hydrogens is 782 g/mol. The summed E-state index contributed by atoms with van der Waals surface area (Å²) in [6.07, 6.45) is 1.90. The van der Waals surface area contributed by atoms with Gasteiger partial charge in [-0.25, -0.2) is 4.98 Å². The van der Waals surface area contributed by atoms with Gasteiger partial charge in [0.25, 0.3) is 0 Å². The first kappa shape index (κ1) is 36.8.